The van der Waals surface area contributed by atoms with E-state index in [9.17, 15) is 22.8 Å². The number of hydrogen-bond acceptors (Lipinski definition) is 3. The monoisotopic (exact) mass is 338 g/mol. The van der Waals surface area contributed by atoms with Crippen molar-refractivity contribution >= 4 is 24.3 Å². The van der Waals surface area contributed by atoms with E-state index in [4.69, 9.17) is 5.11 Å². The number of likely N-dealkylation sites (tertiary alicyclic amines) is 1. The van der Waals surface area contributed by atoms with Crippen molar-refractivity contribution in [3.63, 3.8) is 0 Å². The molecule has 0 aliphatic carbocycles. The quantitative estimate of drug-likeness (QED) is 0.912. The Hall–Kier alpha value is -1.83. The number of alkyl halides is 3. The SMILES string of the molecule is Cl.O=C(O)[C@@H]1CN(C(=O)Cc2cccnc2)C[C@H]1C(F)(F)F. The molecule has 0 saturated carbocycles. The zero-order valence-corrected chi connectivity index (χ0v) is 12.1. The molecule has 1 amide bonds. The van der Waals surface area contributed by atoms with E-state index in [1.807, 2.05) is 0 Å². The molecule has 0 spiro atoms. The summed E-state index contributed by atoms with van der Waals surface area (Å²) < 4.78 is 38.5. The van der Waals surface area contributed by atoms with Crippen molar-refractivity contribution in [1.29, 1.82) is 0 Å². The van der Waals surface area contributed by atoms with Gasteiger partial charge in [0.25, 0.3) is 0 Å². The molecule has 0 aromatic carbocycles. The lowest BCUT2D eigenvalue weighted by atomic mass is 9.96. The highest BCUT2D eigenvalue weighted by Crippen LogP contribution is 2.37. The van der Waals surface area contributed by atoms with Crippen molar-refractivity contribution in [3.8, 4) is 0 Å². The molecule has 1 saturated heterocycles. The first-order valence-corrected chi connectivity index (χ1v) is 6.25. The molecule has 122 valence electrons. The third-order valence-electron chi connectivity index (χ3n) is 3.49. The Morgan fingerprint density at radius 3 is 2.50 bits per heavy atom. The Labute approximate surface area is 130 Å². The summed E-state index contributed by atoms with van der Waals surface area (Å²) in [7, 11) is 0. The number of halogens is 4. The highest BCUT2D eigenvalue weighted by Gasteiger charge is 2.53. The molecule has 1 aliphatic rings. The van der Waals surface area contributed by atoms with E-state index < -0.39 is 43.0 Å². The summed E-state index contributed by atoms with van der Waals surface area (Å²) in [4.78, 5) is 27.7. The molecule has 1 aromatic heterocycles. The average molecular weight is 339 g/mol. The lowest BCUT2D eigenvalue weighted by Gasteiger charge is -2.18. The van der Waals surface area contributed by atoms with Crippen LogP contribution in [0.3, 0.4) is 0 Å². The molecule has 2 heterocycles. The Morgan fingerprint density at radius 1 is 1.36 bits per heavy atom. The average Bonchev–Trinajstić information content (AvgIpc) is 2.85. The van der Waals surface area contributed by atoms with E-state index in [0.717, 1.165) is 4.90 Å². The molecule has 1 fully saturated rings. The number of carboxylic acid groups (broad SMARTS) is 1. The van der Waals surface area contributed by atoms with Crippen LogP contribution in [0.1, 0.15) is 5.56 Å². The summed E-state index contributed by atoms with van der Waals surface area (Å²) in [6.07, 6.45) is -1.76. The van der Waals surface area contributed by atoms with Gasteiger partial charge in [0, 0.05) is 25.5 Å². The maximum atomic E-state index is 12.8. The number of nitrogens with zero attached hydrogens (tertiary/aromatic N) is 2. The summed E-state index contributed by atoms with van der Waals surface area (Å²) in [6.45, 7) is -1.03. The van der Waals surface area contributed by atoms with Gasteiger partial charge in [-0.15, -0.1) is 12.4 Å². The fourth-order valence-corrected chi connectivity index (χ4v) is 2.38. The van der Waals surface area contributed by atoms with Crippen molar-refractivity contribution in [2.75, 3.05) is 13.1 Å². The molecule has 2 rings (SSSR count). The minimum absolute atomic E-state index is 0. The molecule has 22 heavy (non-hydrogen) atoms. The van der Waals surface area contributed by atoms with Crippen LogP contribution in [0.2, 0.25) is 0 Å². The second-order valence-electron chi connectivity index (χ2n) is 4.93. The van der Waals surface area contributed by atoms with Gasteiger partial charge in [0.05, 0.1) is 18.3 Å². The molecule has 5 nitrogen and oxygen atoms in total. The number of rotatable bonds is 3. The number of amides is 1. The van der Waals surface area contributed by atoms with Crippen LogP contribution in [0.15, 0.2) is 24.5 Å². The van der Waals surface area contributed by atoms with E-state index in [1.165, 1.54) is 12.4 Å². The van der Waals surface area contributed by atoms with Crippen LogP contribution in [0, 0.1) is 11.8 Å². The van der Waals surface area contributed by atoms with E-state index in [-0.39, 0.29) is 18.8 Å². The number of hydrogen-bond donors (Lipinski definition) is 1. The Bertz CT molecular complexity index is 539. The third-order valence-corrected chi connectivity index (χ3v) is 3.49. The van der Waals surface area contributed by atoms with Crippen LogP contribution >= 0.6 is 12.4 Å². The first kappa shape index (κ1) is 18.2. The molecule has 0 radical (unpaired) electrons. The zero-order chi connectivity index (χ0) is 15.6. The van der Waals surface area contributed by atoms with Crippen LogP contribution in [0.4, 0.5) is 13.2 Å². The van der Waals surface area contributed by atoms with Crippen LogP contribution in [0.25, 0.3) is 0 Å². The fourth-order valence-electron chi connectivity index (χ4n) is 2.38. The molecule has 2 atom stereocenters. The smallest absolute Gasteiger partial charge is 0.394 e. The van der Waals surface area contributed by atoms with E-state index in [0.29, 0.717) is 5.56 Å². The summed E-state index contributed by atoms with van der Waals surface area (Å²) in [5.41, 5.74) is 0.574. The molecule has 1 aliphatic heterocycles. The second-order valence-corrected chi connectivity index (χ2v) is 4.93. The normalized spacial score (nSPS) is 21.3. The highest BCUT2D eigenvalue weighted by atomic mass is 35.5. The molecule has 0 bridgehead atoms. The maximum absolute atomic E-state index is 12.8. The van der Waals surface area contributed by atoms with E-state index >= 15 is 0 Å². The van der Waals surface area contributed by atoms with Crippen molar-refractivity contribution in [2.24, 2.45) is 11.8 Å². The predicted molar refractivity (Wildman–Crippen MR) is 72.4 cm³/mol. The molecule has 1 N–H and O–H groups in total. The molecular weight excluding hydrogens is 325 g/mol. The summed E-state index contributed by atoms with van der Waals surface area (Å²) in [5.74, 6) is -5.69. The van der Waals surface area contributed by atoms with Gasteiger partial charge in [0.15, 0.2) is 0 Å². The first-order valence-electron chi connectivity index (χ1n) is 6.25. The van der Waals surface area contributed by atoms with Crippen molar-refractivity contribution < 1.29 is 27.9 Å². The van der Waals surface area contributed by atoms with Crippen molar-refractivity contribution in [1.82, 2.24) is 9.88 Å². The zero-order valence-electron chi connectivity index (χ0n) is 11.3. The van der Waals surface area contributed by atoms with Crippen molar-refractivity contribution in [2.45, 2.75) is 12.6 Å². The van der Waals surface area contributed by atoms with Crippen LogP contribution in [0.5, 0.6) is 0 Å². The number of aliphatic carboxylic acids is 1. The number of pyridine rings is 1. The van der Waals surface area contributed by atoms with Gasteiger partial charge in [-0.3, -0.25) is 14.6 Å². The van der Waals surface area contributed by atoms with Crippen LogP contribution in [-0.4, -0.2) is 46.1 Å². The summed E-state index contributed by atoms with van der Waals surface area (Å²) in [6, 6.07) is 3.25. The van der Waals surface area contributed by atoms with Gasteiger partial charge in [-0.05, 0) is 11.6 Å². The Kier molecular flexibility index (Phi) is 5.76. The summed E-state index contributed by atoms with van der Waals surface area (Å²) >= 11 is 0. The van der Waals surface area contributed by atoms with Gasteiger partial charge in [0.2, 0.25) is 5.91 Å². The Balaban J connectivity index is 0.00000242. The van der Waals surface area contributed by atoms with Gasteiger partial charge in [-0.25, -0.2) is 0 Å². The topological polar surface area (TPSA) is 70.5 Å². The molecule has 1 aromatic rings. The first-order chi connectivity index (χ1) is 9.79. The van der Waals surface area contributed by atoms with Crippen LogP contribution < -0.4 is 0 Å². The number of carbonyl (C=O) groups excluding carboxylic acids is 1. The number of carboxylic acids is 1. The Morgan fingerprint density at radius 2 is 2.05 bits per heavy atom. The van der Waals surface area contributed by atoms with Gasteiger partial charge in [0.1, 0.15) is 0 Å². The van der Waals surface area contributed by atoms with Crippen molar-refractivity contribution in [3.05, 3.63) is 30.1 Å². The maximum Gasteiger partial charge on any atom is 0.394 e. The lowest BCUT2D eigenvalue weighted by Crippen LogP contribution is -2.34. The van der Waals surface area contributed by atoms with Gasteiger partial charge in [-0.2, -0.15) is 13.2 Å². The molecule has 9 heteroatoms. The van der Waals surface area contributed by atoms with Gasteiger partial charge in [-0.1, -0.05) is 6.07 Å². The minimum atomic E-state index is -4.63. The van der Waals surface area contributed by atoms with Gasteiger partial charge >= 0.3 is 12.1 Å². The molecular formula is C13H14ClF3N2O3. The third kappa shape index (κ3) is 4.09. The fraction of sp³-hybridized carbons (Fsp3) is 0.462. The summed E-state index contributed by atoms with van der Waals surface area (Å²) in [5, 5.41) is 8.89. The lowest BCUT2D eigenvalue weighted by molar-refractivity contribution is -0.188. The second kappa shape index (κ2) is 6.95. The van der Waals surface area contributed by atoms with E-state index in [2.05, 4.69) is 4.98 Å². The number of aromatic nitrogens is 1. The standard InChI is InChI=1S/C13H13F3N2O3.ClH/c14-13(15,16)10-7-18(6-9(10)12(20)21)11(19)4-8-2-1-3-17-5-8;/h1-3,5,9-10H,4,6-7H2,(H,20,21);1H/t9-,10-;/m1./s1. The predicted octanol–water partition coefficient (Wildman–Crippen LogP) is 1.77. The molecule has 0 unspecified atom stereocenters. The highest BCUT2D eigenvalue weighted by molar-refractivity contribution is 5.85. The van der Waals surface area contributed by atoms with Crippen LogP contribution in [-0.2, 0) is 16.0 Å². The van der Waals surface area contributed by atoms with Gasteiger partial charge < -0.3 is 10.0 Å². The number of carbonyl (C=O) groups is 2. The van der Waals surface area contributed by atoms with E-state index in [1.54, 1.807) is 12.1 Å². The minimum Gasteiger partial charge on any atom is -0.481 e. The largest absolute Gasteiger partial charge is 0.481 e.